The third-order valence-corrected chi connectivity index (χ3v) is 5.15. The standard InChI is InChI=1S/C21H25N3O3/c1-15-3-4-16(2)18(11-15)23-7-9-24(10-8-23)21(25)22-13-17-5-6-19-20(12-17)27-14-26-19/h3-6,11-12H,7-10,13-14H2,1-2H3,(H,22,25). The zero-order chi connectivity index (χ0) is 18.8. The Hall–Kier alpha value is -2.89. The molecule has 0 aliphatic carbocycles. The normalized spacial score (nSPS) is 15.8. The molecule has 0 radical (unpaired) electrons. The van der Waals surface area contributed by atoms with Crippen LogP contribution in [0.25, 0.3) is 0 Å². The minimum Gasteiger partial charge on any atom is -0.454 e. The van der Waals surface area contributed by atoms with Crippen LogP contribution in [0.15, 0.2) is 36.4 Å². The molecule has 1 fully saturated rings. The predicted molar refractivity (Wildman–Crippen MR) is 105 cm³/mol. The van der Waals surface area contributed by atoms with Gasteiger partial charge in [-0.1, -0.05) is 18.2 Å². The maximum atomic E-state index is 12.5. The molecule has 2 aromatic rings. The van der Waals surface area contributed by atoms with E-state index in [1.54, 1.807) is 0 Å². The second kappa shape index (κ2) is 7.39. The Kier molecular flexibility index (Phi) is 4.79. The lowest BCUT2D eigenvalue weighted by atomic mass is 10.1. The zero-order valence-corrected chi connectivity index (χ0v) is 15.8. The second-order valence-electron chi connectivity index (χ2n) is 7.11. The summed E-state index contributed by atoms with van der Waals surface area (Å²) in [4.78, 5) is 16.8. The van der Waals surface area contributed by atoms with Gasteiger partial charge in [0.15, 0.2) is 11.5 Å². The van der Waals surface area contributed by atoms with Gasteiger partial charge in [0.25, 0.3) is 0 Å². The molecule has 0 aromatic heterocycles. The average Bonchev–Trinajstić information content (AvgIpc) is 3.16. The molecule has 0 bridgehead atoms. The maximum absolute atomic E-state index is 12.5. The van der Waals surface area contributed by atoms with Gasteiger partial charge in [0.1, 0.15) is 0 Å². The minimum atomic E-state index is -0.0201. The molecule has 2 aliphatic heterocycles. The van der Waals surface area contributed by atoms with Crippen LogP contribution in [0.3, 0.4) is 0 Å². The fourth-order valence-corrected chi connectivity index (χ4v) is 3.55. The van der Waals surface area contributed by atoms with E-state index in [4.69, 9.17) is 9.47 Å². The van der Waals surface area contributed by atoms with Gasteiger partial charge in [-0.2, -0.15) is 0 Å². The van der Waals surface area contributed by atoms with Crippen molar-refractivity contribution in [2.24, 2.45) is 0 Å². The second-order valence-corrected chi connectivity index (χ2v) is 7.11. The largest absolute Gasteiger partial charge is 0.454 e. The first kappa shape index (κ1) is 17.5. The Labute approximate surface area is 159 Å². The highest BCUT2D eigenvalue weighted by molar-refractivity contribution is 5.74. The number of hydrogen-bond donors (Lipinski definition) is 1. The van der Waals surface area contributed by atoms with E-state index >= 15 is 0 Å². The van der Waals surface area contributed by atoms with E-state index < -0.39 is 0 Å². The van der Waals surface area contributed by atoms with E-state index in [0.29, 0.717) is 6.54 Å². The number of benzene rings is 2. The number of nitrogens with zero attached hydrogens (tertiary/aromatic N) is 2. The van der Waals surface area contributed by atoms with Gasteiger partial charge in [0, 0.05) is 38.4 Å². The highest BCUT2D eigenvalue weighted by Gasteiger charge is 2.22. The number of carbonyl (C=O) groups is 1. The molecule has 1 N–H and O–H groups in total. The third kappa shape index (κ3) is 3.79. The van der Waals surface area contributed by atoms with Gasteiger partial charge in [0.2, 0.25) is 6.79 Å². The summed E-state index contributed by atoms with van der Waals surface area (Å²) in [5.41, 5.74) is 4.82. The Bertz CT molecular complexity index is 845. The number of piperazine rings is 1. The number of aryl methyl sites for hydroxylation is 2. The summed E-state index contributed by atoms with van der Waals surface area (Å²) in [5.74, 6) is 1.50. The van der Waals surface area contributed by atoms with Crippen molar-refractivity contribution in [1.29, 1.82) is 0 Å². The van der Waals surface area contributed by atoms with Crippen LogP contribution in [0.2, 0.25) is 0 Å². The third-order valence-electron chi connectivity index (χ3n) is 5.15. The summed E-state index contributed by atoms with van der Waals surface area (Å²) in [6.07, 6.45) is 0. The molecule has 0 atom stereocenters. The molecule has 1 saturated heterocycles. The van der Waals surface area contributed by atoms with E-state index in [9.17, 15) is 4.79 Å². The number of fused-ring (bicyclic) bond motifs is 1. The van der Waals surface area contributed by atoms with Crippen molar-refractivity contribution in [2.75, 3.05) is 37.9 Å². The van der Waals surface area contributed by atoms with Crippen LogP contribution in [0.1, 0.15) is 16.7 Å². The molecular formula is C21H25N3O3. The Morgan fingerprint density at radius 3 is 2.59 bits per heavy atom. The van der Waals surface area contributed by atoms with Crippen LogP contribution >= 0.6 is 0 Å². The van der Waals surface area contributed by atoms with Gasteiger partial charge in [-0.3, -0.25) is 0 Å². The topological polar surface area (TPSA) is 54.0 Å². The first-order valence-corrected chi connectivity index (χ1v) is 9.34. The molecule has 0 unspecified atom stereocenters. The Morgan fingerprint density at radius 2 is 1.78 bits per heavy atom. The molecule has 4 rings (SSSR count). The molecule has 2 amide bonds. The highest BCUT2D eigenvalue weighted by Crippen LogP contribution is 2.32. The quantitative estimate of drug-likeness (QED) is 0.906. The van der Waals surface area contributed by atoms with Gasteiger partial charge >= 0.3 is 6.03 Å². The number of ether oxygens (including phenoxy) is 2. The summed E-state index contributed by atoms with van der Waals surface area (Å²) in [7, 11) is 0. The van der Waals surface area contributed by atoms with Crippen molar-refractivity contribution < 1.29 is 14.3 Å². The molecule has 2 aliphatic rings. The van der Waals surface area contributed by atoms with Crippen molar-refractivity contribution in [1.82, 2.24) is 10.2 Å². The SMILES string of the molecule is Cc1ccc(C)c(N2CCN(C(=O)NCc3ccc4c(c3)OCO4)CC2)c1. The molecule has 6 heteroatoms. The van der Waals surface area contributed by atoms with Crippen molar-refractivity contribution >= 4 is 11.7 Å². The van der Waals surface area contributed by atoms with Gasteiger partial charge in [-0.25, -0.2) is 4.79 Å². The Balaban J connectivity index is 1.30. The van der Waals surface area contributed by atoms with E-state index in [1.165, 1.54) is 16.8 Å². The number of carbonyl (C=O) groups excluding carboxylic acids is 1. The highest BCUT2D eigenvalue weighted by atomic mass is 16.7. The van der Waals surface area contributed by atoms with Crippen LogP contribution in [-0.2, 0) is 6.54 Å². The molecule has 27 heavy (non-hydrogen) atoms. The number of urea groups is 1. The van der Waals surface area contributed by atoms with Gasteiger partial charge in [0.05, 0.1) is 0 Å². The van der Waals surface area contributed by atoms with Crippen LogP contribution in [-0.4, -0.2) is 43.9 Å². The van der Waals surface area contributed by atoms with Crippen LogP contribution in [0.5, 0.6) is 11.5 Å². The van der Waals surface area contributed by atoms with Crippen LogP contribution in [0, 0.1) is 13.8 Å². The number of hydrogen-bond acceptors (Lipinski definition) is 4. The molecular weight excluding hydrogens is 342 g/mol. The Morgan fingerprint density at radius 1 is 1.00 bits per heavy atom. The van der Waals surface area contributed by atoms with Crippen molar-refractivity contribution in [2.45, 2.75) is 20.4 Å². The maximum Gasteiger partial charge on any atom is 0.317 e. The monoisotopic (exact) mass is 367 g/mol. The van der Waals surface area contributed by atoms with Gasteiger partial charge in [-0.15, -0.1) is 0 Å². The van der Waals surface area contributed by atoms with E-state index in [1.807, 2.05) is 23.1 Å². The van der Waals surface area contributed by atoms with Crippen LogP contribution < -0.4 is 19.7 Å². The smallest absolute Gasteiger partial charge is 0.317 e. The summed E-state index contributed by atoms with van der Waals surface area (Å²) >= 11 is 0. The molecule has 6 nitrogen and oxygen atoms in total. The fraction of sp³-hybridized carbons (Fsp3) is 0.381. The molecule has 2 heterocycles. The molecule has 0 spiro atoms. The lowest BCUT2D eigenvalue weighted by molar-refractivity contribution is 0.174. The van der Waals surface area contributed by atoms with E-state index in [0.717, 1.165) is 43.2 Å². The van der Waals surface area contributed by atoms with Crippen molar-refractivity contribution in [3.63, 3.8) is 0 Å². The fourth-order valence-electron chi connectivity index (χ4n) is 3.55. The van der Waals surface area contributed by atoms with Crippen molar-refractivity contribution in [3.05, 3.63) is 53.1 Å². The van der Waals surface area contributed by atoms with Gasteiger partial charge in [-0.05, 0) is 48.7 Å². The number of nitrogens with one attached hydrogen (secondary N) is 1. The zero-order valence-electron chi connectivity index (χ0n) is 15.8. The predicted octanol–water partition coefficient (Wildman–Crippen LogP) is 3.06. The number of amides is 2. The van der Waals surface area contributed by atoms with Crippen LogP contribution in [0.4, 0.5) is 10.5 Å². The molecule has 0 saturated carbocycles. The van der Waals surface area contributed by atoms with E-state index in [-0.39, 0.29) is 12.8 Å². The van der Waals surface area contributed by atoms with Crippen molar-refractivity contribution in [3.8, 4) is 11.5 Å². The molecule has 2 aromatic carbocycles. The summed E-state index contributed by atoms with van der Waals surface area (Å²) in [6.45, 7) is 8.13. The average molecular weight is 367 g/mol. The minimum absolute atomic E-state index is 0.0201. The lowest BCUT2D eigenvalue weighted by Gasteiger charge is -2.37. The number of rotatable bonds is 3. The summed E-state index contributed by atoms with van der Waals surface area (Å²) < 4.78 is 10.7. The van der Waals surface area contributed by atoms with Gasteiger partial charge < -0.3 is 24.6 Å². The number of anilines is 1. The summed E-state index contributed by atoms with van der Waals surface area (Å²) in [5, 5.41) is 3.01. The van der Waals surface area contributed by atoms with E-state index in [2.05, 4.69) is 42.3 Å². The first-order valence-electron chi connectivity index (χ1n) is 9.34. The summed E-state index contributed by atoms with van der Waals surface area (Å²) in [6, 6.07) is 12.3. The lowest BCUT2D eigenvalue weighted by Crippen LogP contribution is -2.51. The molecule has 142 valence electrons. The first-order chi connectivity index (χ1) is 13.1.